The van der Waals surface area contributed by atoms with Crippen molar-refractivity contribution in [1.29, 1.82) is 0 Å². The Kier molecular flexibility index (Phi) is 6.40. The second-order valence-corrected chi connectivity index (χ2v) is 15.2. The molecule has 0 saturated carbocycles. The first kappa shape index (κ1) is 30.2. The summed E-state index contributed by atoms with van der Waals surface area (Å²) in [5.74, 6) is 0. The zero-order chi connectivity index (χ0) is 35.3. The Labute approximate surface area is 309 Å². The molecular formula is C53H36. The predicted octanol–water partition coefficient (Wildman–Crippen LogP) is 14.8. The van der Waals surface area contributed by atoms with Crippen molar-refractivity contribution in [2.75, 3.05) is 0 Å². The number of benzene rings is 10. The van der Waals surface area contributed by atoms with E-state index in [-0.39, 0.29) is 5.41 Å². The largest absolute Gasteiger partial charge is 0.0616 e. The average molecular weight is 673 g/mol. The third-order valence-corrected chi connectivity index (χ3v) is 12.0. The molecule has 0 heteroatoms. The molecule has 0 spiro atoms. The van der Waals surface area contributed by atoms with Crippen LogP contribution in [0.15, 0.2) is 182 Å². The summed E-state index contributed by atoms with van der Waals surface area (Å²) in [5.41, 5.74) is 13.1. The molecule has 248 valence electrons. The van der Waals surface area contributed by atoms with Crippen molar-refractivity contribution in [2.24, 2.45) is 0 Å². The van der Waals surface area contributed by atoms with Gasteiger partial charge in [-0.1, -0.05) is 196 Å². The minimum absolute atomic E-state index is 0.128. The van der Waals surface area contributed by atoms with Gasteiger partial charge in [-0.2, -0.15) is 0 Å². The molecule has 0 aliphatic heterocycles. The molecule has 0 unspecified atom stereocenters. The van der Waals surface area contributed by atoms with E-state index < -0.39 is 0 Å². The lowest BCUT2D eigenvalue weighted by molar-refractivity contribution is 0.668. The lowest BCUT2D eigenvalue weighted by atomic mass is 9.77. The van der Waals surface area contributed by atoms with Gasteiger partial charge in [0.15, 0.2) is 0 Å². The molecular weight excluding hydrogens is 637 g/mol. The second-order valence-electron chi connectivity index (χ2n) is 15.2. The van der Waals surface area contributed by atoms with E-state index in [1.165, 1.54) is 109 Å². The fourth-order valence-corrected chi connectivity index (χ4v) is 9.79. The first-order chi connectivity index (χ1) is 26.1. The van der Waals surface area contributed by atoms with E-state index in [0.29, 0.717) is 0 Å². The Balaban J connectivity index is 1.10. The van der Waals surface area contributed by atoms with Gasteiger partial charge in [0.1, 0.15) is 0 Å². The number of fused-ring (bicyclic) bond motifs is 10. The van der Waals surface area contributed by atoms with Crippen LogP contribution in [0.25, 0.3) is 98.4 Å². The van der Waals surface area contributed by atoms with E-state index in [0.717, 1.165) is 0 Å². The van der Waals surface area contributed by atoms with Gasteiger partial charge in [0, 0.05) is 5.41 Å². The predicted molar refractivity (Wildman–Crippen MR) is 228 cm³/mol. The SMILES string of the molecule is CC1(C)c2c(-c3ccc(-c4c5ccccc5c(-c5cccc6c5ccc5ccccc56)c5ccccc45)cc3)cccc2-c2ccc3ccccc3c21. The smallest absolute Gasteiger partial charge is 0.0171 e. The molecule has 1 aliphatic carbocycles. The molecule has 10 aromatic carbocycles. The summed E-state index contributed by atoms with van der Waals surface area (Å²) >= 11 is 0. The van der Waals surface area contributed by atoms with Crippen molar-refractivity contribution in [3.05, 3.63) is 193 Å². The Morgan fingerprint density at radius 1 is 0.264 bits per heavy atom. The molecule has 53 heavy (non-hydrogen) atoms. The van der Waals surface area contributed by atoms with Crippen LogP contribution in [0.2, 0.25) is 0 Å². The Morgan fingerprint density at radius 3 is 1.43 bits per heavy atom. The molecule has 0 fully saturated rings. The standard InChI is InChI=1S/C53H36/c1-53(2)51-39(21-11-24-47(51)48-32-30-34-14-4-6-16-38(34)52(48)53)35-25-27-36(28-26-35)49-43-17-7-9-19-45(43)50(46-20-10-8-18-44(46)49)42-23-12-22-40-37-15-5-3-13-33(37)29-31-41(40)42/h3-32H,1-2H3. The van der Waals surface area contributed by atoms with Crippen LogP contribution in [-0.4, -0.2) is 0 Å². The minimum Gasteiger partial charge on any atom is -0.0616 e. The zero-order valence-corrected chi connectivity index (χ0v) is 29.8. The molecule has 0 heterocycles. The quantitative estimate of drug-likeness (QED) is 0.129. The minimum atomic E-state index is -0.128. The van der Waals surface area contributed by atoms with E-state index in [1.807, 2.05) is 0 Å². The third kappa shape index (κ3) is 4.30. The van der Waals surface area contributed by atoms with Gasteiger partial charge in [-0.15, -0.1) is 0 Å². The summed E-state index contributed by atoms with van der Waals surface area (Å²) in [7, 11) is 0. The molecule has 0 bridgehead atoms. The maximum absolute atomic E-state index is 2.40. The fourth-order valence-electron chi connectivity index (χ4n) is 9.79. The zero-order valence-electron chi connectivity index (χ0n) is 29.8. The van der Waals surface area contributed by atoms with Gasteiger partial charge in [-0.05, 0) is 109 Å². The van der Waals surface area contributed by atoms with Crippen LogP contribution in [0, 0.1) is 0 Å². The molecule has 11 rings (SSSR count). The van der Waals surface area contributed by atoms with Gasteiger partial charge in [-0.25, -0.2) is 0 Å². The van der Waals surface area contributed by atoms with Crippen LogP contribution in [0.1, 0.15) is 25.0 Å². The lowest BCUT2D eigenvalue weighted by Gasteiger charge is -2.26. The van der Waals surface area contributed by atoms with Gasteiger partial charge in [0.2, 0.25) is 0 Å². The van der Waals surface area contributed by atoms with E-state index in [4.69, 9.17) is 0 Å². The van der Waals surface area contributed by atoms with E-state index in [9.17, 15) is 0 Å². The molecule has 0 atom stereocenters. The van der Waals surface area contributed by atoms with Crippen LogP contribution in [0.5, 0.6) is 0 Å². The van der Waals surface area contributed by atoms with Gasteiger partial charge < -0.3 is 0 Å². The van der Waals surface area contributed by atoms with E-state index >= 15 is 0 Å². The molecule has 10 aromatic rings. The van der Waals surface area contributed by atoms with Gasteiger partial charge in [-0.3, -0.25) is 0 Å². The first-order valence-corrected chi connectivity index (χ1v) is 18.7. The molecule has 1 aliphatic rings. The van der Waals surface area contributed by atoms with Crippen LogP contribution in [0.3, 0.4) is 0 Å². The summed E-state index contributed by atoms with van der Waals surface area (Å²) in [6.07, 6.45) is 0. The molecule has 0 N–H and O–H groups in total. The van der Waals surface area contributed by atoms with Crippen molar-refractivity contribution >= 4 is 53.9 Å². The van der Waals surface area contributed by atoms with Crippen molar-refractivity contribution in [1.82, 2.24) is 0 Å². The van der Waals surface area contributed by atoms with Crippen molar-refractivity contribution in [3.63, 3.8) is 0 Å². The van der Waals surface area contributed by atoms with Crippen molar-refractivity contribution < 1.29 is 0 Å². The number of hydrogen-bond donors (Lipinski definition) is 0. The highest BCUT2D eigenvalue weighted by Gasteiger charge is 2.38. The Morgan fingerprint density at radius 2 is 0.736 bits per heavy atom. The Hall–Kier alpha value is -6.50. The highest BCUT2D eigenvalue weighted by atomic mass is 14.4. The number of rotatable bonds is 3. The van der Waals surface area contributed by atoms with Gasteiger partial charge in [0.25, 0.3) is 0 Å². The summed E-state index contributed by atoms with van der Waals surface area (Å²) in [5, 5.41) is 12.9. The molecule has 0 amide bonds. The van der Waals surface area contributed by atoms with Crippen LogP contribution < -0.4 is 0 Å². The normalized spacial score (nSPS) is 13.2. The fraction of sp³-hybridized carbons (Fsp3) is 0.0566. The summed E-state index contributed by atoms with van der Waals surface area (Å²) in [4.78, 5) is 0. The van der Waals surface area contributed by atoms with Gasteiger partial charge >= 0.3 is 0 Å². The van der Waals surface area contributed by atoms with E-state index in [1.54, 1.807) is 0 Å². The highest BCUT2D eigenvalue weighted by molar-refractivity contribution is 6.24. The van der Waals surface area contributed by atoms with Crippen molar-refractivity contribution in [2.45, 2.75) is 19.3 Å². The van der Waals surface area contributed by atoms with Crippen LogP contribution in [0.4, 0.5) is 0 Å². The topological polar surface area (TPSA) is 0 Å². The molecule has 0 nitrogen and oxygen atoms in total. The maximum Gasteiger partial charge on any atom is 0.0171 e. The van der Waals surface area contributed by atoms with Crippen LogP contribution in [-0.2, 0) is 5.41 Å². The maximum atomic E-state index is 2.40. The lowest BCUT2D eigenvalue weighted by Crippen LogP contribution is -2.16. The summed E-state index contributed by atoms with van der Waals surface area (Å²) < 4.78 is 0. The average Bonchev–Trinajstić information content (AvgIpc) is 3.46. The van der Waals surface area contributed by atoms with Crippen molar-refractivity contribution in [3.8, 4) is 44.5 Å². The van der Waals surface area contributed by atoms with Gasteiger partial charge in [0.05, 0.1) is 0 Å². The first-order valence-electron chi connectivity index (χ1n) is 18.7. The van der Waals surface area contributed by atoms with E-state index in [2.05, 4.69) is 196 Å². The molecule has 0 saturated heterocycles. The second kappa shape index (κ2) is 11.2. The third-order valence-electron chi connectivity index (χ3n) is 12.0. The summed E-state index contributed by atoms with van der Waals surface area (Å²) in [6.45, 7) is 4.81. The molecule has 0 radical (unpaired) electrons. The van der Waals surface area contributed by atoms with Crippen LogP contribution >= 0.6 is 0 Å². The highest BCUT2D eigenvalue weighted by Crippen LogP contribution is 2.54. The Bertz CT molecular complexity index is 3060. The summed E-state index contributed by atoms with van der Waals surface area (Å²) in [6, 6.07) is 67.8. The number of hydrogen-bond acceptors (Lipinski definition) is 0. The molecule has 0 aromatic heterocycles. The monoisotopic (exact) mass is 672 g/mol.